The summed E-state index contributed by atoms with van der Waals surface area (Å²) in [7, 11) is 0. The molecule has 0 aliphatic carbocycles. The Balaban J connectivity index is 1.62. The molecule has 3 aromatic rings. The fourth-order valence-electron chi connectivity index (χ4n) is 2.79. The zero-order chi connectivity index (χ0) is 21.5. The monoisotopic (exact) mass is 422 g/mol. The first-order chi connectivity index (χ1) is 14.5. The number of aryl methyl sites for hydroxylation is 1. The first kappa shape index (κ1) is 21.3. The van der Waals surface area contributed by atoms with Crippen LogP contribution < -0.4 is 10.6 Å². The number of anilines is 1. The molecule has 154 valence electrons. The molecule has 0 saturated carbocycles. The number of benzene rings is 2. The normalized spacial score (nSPS) is 10.3. The predicted molar refractivity (Wildman–Crippen MR) is 117 cm³/mol. The van der Waals surface area contributed by atoms with E-state index < -0.39 is 5.97 Å². The summed E-state index contributed by atoms with van der Waals surface area (Å²) >= 11 is 1.32. The summed E-state index contributed by atoms with van der Waals surface area (Å²) < 4.78 is 5.05. The molecule has 2 amide bonds. The van der Waals surface area contributed by atoms with Gasteiger partial charge >= 0.3 is 5.97 Å². The Morgan fingerprint density at radius 1 is 0.933 bits per heavy atom. The molecule has 0 aliphatic heterocycles. The molecule has 2 N–H and O–H groups in total. The minimum Gasteiger partial charge on any atom is -0.462 e. The standard InChI is InChI=1S/C23H22N2O4S/c1-3-29-23(28)19-13-15(2)30-22(19)25-21(27)18-11-9-16(10-12-18)14-24-20(26)17-7-5-4-6-8-17/h4-13H,3,14H2,1-2H3,(H,24,26)(H,25,27). The fraction of sp³-hybridized carbons (Fsp3) is 0.174. The van der Waals surface area contributed by atoms with Crippen LogP contribution in [-0.4, -0.2) is 24.4 Å². The molecule has 7 heteroatoms. The second-order valence-corrected chi connectivity index (χ2v) is 7.78. The van der Waals surface area contributed by atoms with Gasteiger partial charge in [0.1, 0.15) is 5.00 Å². The van der Waals surface area contributed by atoms with Gasteiger partial charge in [-0.3, -0.25) is 9.59 Å². The highest BCUT2D eigenvalue weighted by molar-refractivity contribution is 7.16. The quantitative estimate of drug-likeness (QED) is 0.552. The average Bonchev–Trinajstić information content (AvgIpc) is 3.13. The van der Waals surface area contributed by atoms with Crippen molar-refractivity contribution in [1.82, 2.24) is 5.32 Å². The Morgan fingerprint density at radius 3 is 2.27 bits per heavy atom. The molecular weight excluding hydrogens is 400 g/mol. The van der Waals surface area contributed by atoms with Crippen LogP contribution in [0.4, 0.5) is 5.00 Å². The molecule has 30 heavy (non-hydrogen) atoms. The third-order valence-electron chi connectivity index (χ3n) is 4.28. The smallest absolute Gasteiger partial charge is 0.341 e. The van der Waals surface area contributed by atoms with Gasteiger partial charge < -0.3 is 15.4 Å². The number of esters is 1. The molecule has 1 aromatic heterocycles. The number of rotatable bonds is 7. The van der Waals surface area contributed by atoms with Crippen LogP contribution in [0.5, 0.6) is 0 Å². The Hall–Kier alpha value is -3.45. The summed E-state index contributed by atoms with van der Waals surface area (Å²) in [5.41, 5.74) is 2.27. The molecule has 0 atom stereocenters. The Morgan fingerprint density at radius 2 is 1.60 bits per heavy atom. The van der Waals surface area contributed by atoms with Gasteiger partial charge in [0.25, 0.3) is 11.8 Å². The lowest BCUT2D eigenvalue weighted by atomic mass is 10.1. The van der Waals surface area contributed by atoms with Gasteiger partial charge in [-0.05, 0) is 49.7 Å². The maximum Gasteiger partial charge on any atom is 0.341 e. The van der Waals surface area contributed by atoms with Gasteiger partial charge in [0.2, 0.25) is 0 Å². The zero-order valence-corrected chi connectivity index (χ0v) is 17.5. The molecule has 0 aliphatic rings. The van der Waals surface area contributed by atoms with Gasteiger partial charge in [0.05, 0.1) is 12.2 Å². The third-order valence-corrected chi connectivity index (χ3v) is 5.25. The van der Waals surface area contributed by atoms with E-state index in [0.717, 1.165) is 10.4 Å². The molecule has 6 nitrogen and oxygen atoms in total. The maximum atomic E-state index is 12.6. The lowest BCUT2D eigenvalue weighted by Crippen LogP contribution is -2.22. The highest BCUT2D eigenvalue weighted by Crippen LogP contribution is 2.28. The minimum atomic E-state index is -0.457. The summed E-state index contributed by atoms with van der Waals surface area (Å²) in [5, 5.41) is 6.10. The van der Waals surface area contributed by atoms with E-state index >= 15 is 0 Å². The van der Waals surface area contributed by atoms with E-state index in [-0.39, 0.29) is 18.4 Å². The van der Waals surface area contributed by atoms with E-state index in [4.69, 9.17) is 4.74 Å². The molecular formula is C23H22N2O4S. The van der Waals surface area contributed by atoms with Crippen molar-refractivity contribution in [3.05, 3.63) is 87.8 Å². The van der Waals surface area contributed by atoms with Crippen molar-refractivity contribution in [3.8, 4) is 0 Å². The number of carbonyl (C=O) groups excluding carboxylic acids is 3. The van der Waals surface area contributed by atoms with Crippen molar-refractivity contribution < 1.29 is 19.1 Å². The fourth-order valence-corrected chi connectivity index (χ4v) is 3.69. The number of nitrogens with one attached hydrogen (secondary N) is 2. The molecule has 0 radical (unpaired) electrons. The highest BCUT2D eigenvalue weighted by atomic mass is 32.1. The van der Waals surface area contributed by atoms with Crippen LogP contribution in [0.15, 0.2) is 60.7 Å². The van der Waals surface area contributed by atoms with Gasteiger partial charge in [0, 0.05) is 22.5 Å². The Kier molecular flexibility index (Phi) is 6.98. The average molecular weight is 423 g/mol. The molecule has 2 aromatic carbocycles. The summed E-state index contributed by atoms with van der Waals surface area (Å²) in [5.74, 6) is -0.930. The van der Waals surface area contributed by atoms with Crippen molar-refractivity contribution in [2.45, 2.75) is 20.4 Å². The van der Waals surface area contributed by atoms with Crippen LogP contribution in [0.25, 0.3) is 0 Å². The zero-order valence-electron chi connectivity index (χ0n) is 16.7. The summed E-state index contributed by atoms with van der Waals surface area (Å²) in [6.45, 7) is 4.22. The number of hydrogen-bond acceptors (Lipinski definition) is 5. The van der Waals surface area contributed by atoms with E-state index in [9.17, 15) is 14.4 Å². The number of thiophene rings is 1. The van der Waals surface area contributed by atoms with Gasteiger partial charge in [0.15, 0.2) is 0 Å². The second-order valence-electron chi connectivity index (χ2n) is 6.52. The molecule has 3 rings (SSSR count). The van der Waals surface area contributed by atoms with Gasteiger partial charge in [-0.15, -0.1) is 11.3 Å². The van der Waals surface area contributed by atoms with Crippen LogP contribution >= 0.6 is 11.3 Å². The van der Waals surface area contributed by atoms with Crippen molar-refractivity contribution in [3.63, 3.8) is 0 Å². The Bertz CT molecular complexity index is 1040. The van der Waals surface area contributed by atoms with Gasteiger partial charge in [-0.25, -0.2) is 4.79 Å². The minimum absolute atomic E-state index is 0.156. The molecule has 1 heterocycles. The van der Waals surface area contributed by atoms with E-state index in [2.05, 4.69) is 10.6 Å². The van der Waals surface area contributed by atoms with Crippen LogP contribution in [0.3, 0.4) is 0 Å². The SMILES string of the molecule is CCOC(=O)c1cc(C)sc1NC(=O)c1ccc(CNC(=O)c2ccccc2)cc1. The van der Waals surface area contributed by atoms with Crippen LogP contribution in [0, 0.1) is 6.92 Å². The molecule has 0 unspecified atom stereocenters. The predicted octanol–water partition coefficient (Wildman–Crippen LogP) is 4.42. The van der Waals surface area contributed by atoms with Crippen molar-refractivity contribution in [1.29, 1.82) is 0 Å². The lowest BCUT2D eigenvalue weighted by molar-refractivity contribution is 0.0528. The lowest BCUT2D eigenvalue weighted by Gasteiger charge is -2.08. The second kappa shape index (κ2) is 9.84. The number of hydrogen-bond donors (Lipinski definition) is 2. The highest BCUT2D eigenvalue weighted by Gasteiger charge is 2.18. The van der Waals surface area contributed by atoms with Gasteiger partial charge in [-0.1, -0.05) is 30.3 Å². The number of ether oxygens (including phenoxy) is 1. The van der Waals surface area contributed by atoms with Crippen LogP contribution in [0.1, 0.15) is 48.4 Å². The summed E-state index contributed by atoms with van der Waals surface area (Å²) in [6, 6.07) is 17.6. The van der Waals surface area contributed by atoms with Crippen molar-refractivity contribution in [2.24, 2.45) is 0 Å². The molecule has 0 fully saturated rings. The number of amides is 2. The third kappa shape index (κ3) is 5.33. The molecule has 0 spiro atoms. The first-order valence-electron chi connectivity index (χ1n) is 9.49. The van der Waals surface area contributed by atoms with E-state index in [0.29, 0.717) is 28.2 Å². The van der Waals surface area contributed by atoms with E-state index in [1.54, 1.807) is 49.4 Å². The summed E-state index contributed by atoms with van der Waals surface area (Å²) in [4.78, 5) is 37.7. The van der Waals surface area contributed by atoms with Crippen molar-refractivity contribution >= 4 is 34.1 Å². The van der Waals surface area contributed by atoms with E-state index in [1.165, 1.54) is 11.3 Å². The van der Waals surface area contributed by atoms with Crippen molar-refractivity contribution in [2.75, 3.05) is 11.9 Å². The molecule has 0 bridgehead atoms. The first-order valence-corrected chi connectivity index (χ1v) is 10.3. The van der Waals surface area contributed by atoms with E-state index in [1.807, 2.05) is 25.1 Å². The topological polar surface area (TPSA) is 84.5 Å². The summed E-state index contributed by atoms with van der Waals surface area (Å²) in [6.07, 6.45) is 0. The van der Waals surface area contributed by atoms with Crippen LogP contribution in [-0.2, 0) is 11.3 Å². The van der Waals surface area contributed by atoms with Gasteiger partial charge in [-0.2, -0.15) is 0 Å². The largest absolute Gasteiger partial charge is 0.462 e. The maximum absolute atomic E-state index is 12.6. The number of carbonyl (C=O) groups is 3. The Labute approximate surface area is 178 Å². The van der Waals surface area contributed by atoms with Crippen LogP contribution in [0.2, 0.25) is 0 Å². The molecule has 0 saturated heterocycles.